The SMILES string of the molecule is Cc1ccc(OCc2c(C(=O)O)sc3ncc(C)n23)cc1. The average Bonchev–Trinajstić information content (AvgIpc) is 2.99. The van der Waals surface area contributed by atoms with Crippen molar-refractivity contribution in [1.82, 2.24) is 9.38 Å². The van der Waals surface area contributed by atoms with Gasteiger partial charge in [0.2, 0.25) is 0 Å². The number of rotatable bonds is 4. The maximum Gasteiger partial charge on any atom is 0.347 e. The Labute approximate surface area is 125 Å². The van der Waals surface area contributed by atoms with Crippen molar-refractivity contribution in [3.8, 4) is 5.75 Å². The van der Waals surface area contributed by atoms with Crippen molar-refractivity contribution in [3.63, 3.8) is 0 Å². The second-order valence-corrected chi connectivity index (χ2v) is 5.78. The molecule has 0 amide bonds. The van der Waals surface area contributed by atoms with Crippen molar-refractivity contribution < 1.29 is 14.6 Å². The van der Waals surface area contributed by atoms with Gasteiger partial charge < -0.3 is 9.84 Å². The summed E-state index contributed by atoms with van der Waals surface area (Å²) in [6.07, 6.45) is 1.73. The molecular formula is C15H14N2O3S. The van der Waals surface area contributed by atoms with Gasteiger partial charge >= 0.3 is 5.97 Å². The van der Waals surface area contributed by atoms with E-state index in [1.54, 1.807) is 6.20 Å². The molecule has 0 radical (unpaired) electrons. The Morgan fingerprint density at radius 1 is 1.33 bits per heavy atom. The molecule has 0 spiro atoms. The summed E-state index contributed by atoms with van der Waals surface area (Å²) in [7, 11) is 0. The fourth-order valence-electron chi connectivity index (χ4n) is 2.15. The predicted molar refractivity (Wildman–Crippen MR) is 80.3 cm³/mol. The zero-order chi connectivity index (χ0) is 15.0. The number of carboxylic acids is 1. The number of ether oxygens (including phenoxy) is 1. The van der Waals surface area contributed by atoms with E-state index in [9.17, 15) is 9.90 Å². The zero-order valence-electron chi connectivity index (χ0n) is 11.7. The molecule has 0 unspecified atom stereocenters. The molecule has 108 valence electrons. The van der Waals surface area contributed by atoms with Crippen molar-refractivity contribution >= 4 is 22.3 Å². The summed E-state index contributed by atoms with van der Waals surface area (Å²) in [6.45, 7) is 4.10. The van der Waals surface area contributed by atoms with E-state index in [1.807, 2.05) is 42.5 Å². The summed E-state index contributed by atoms with van der Waals surface area (Å²) in [5, 5.41) is 9.32. The van der Waals surface area contributed by atoms with Gasteiger partial charge in [0.1, 0.15) is 17.2 Å². The van der Waals surface area contributed by atoms with E-state index in [-0.39, 0.29) is 11.5 Å². The number of aromatic carboxylic acids is 1. The van der Waals surface area contributed by atoms with E-state index < -0.39 is 5.97 Å². The number of nitrogens with zero attached hydrogens (tertiary/aromatic N) is 2. The summed E-state index contributed by atoms with van der Waals surface area (Å²) < 4.78 is 7.56. The minimum atomic E-state index is -0.951. The third-order valence-corrected chi connectivity index (χ3v) is 4.31. The van der Waals surface area contributed by atoms with E-state index in [0.717, 1.165) is 22.6 Å². The first kappa shape index (κ1) is 13.6. The van der Waals surface area contributed by atoms with Gasteiger partial charge in [0, 0.05) is 11.9 Å². The Morgan fingerprint density at radius 3 is 2.71 bits per heavy atom. The maximum atomic E-state index is 11.4. The van der Waals surface area contributed by atoms with Crippen LogP contribution in [-0.2, 0) is 6.61 Å². The number of imidazole rings is 1. The topological polar surface area (TPSA) is 63.8 Å². The van der Waals surface area contributed by atoms with E-state index in [4.69, 9.17) is 4.74 Å². The molecule has 0 aliphatic rings. The van der Waals surface area contributed by atoms with Crippen LogP contribution in [0.25, 0.3) is 4.96 Å². The molecule has 2 aromatic heterocycles. The summed E-state index contributed by atoms with van der Waals surface area (Å²) in [5.74, 6) is -0.235. The Hall–Kier alpha value is -2.34. The number of aryl methyl sites for hydroxylation is 2. The number of hydrogen-bond acceptors (Lipinski definition) is 4. The van der Waals surface area contributed by atoms with Crippen LogP contribution in [0.1, 0.15) is 26.6 Å². The molecule has 0 saturated heterocycles. The summed E-state index contributed by atoms with van der Waals surface area (Å²) >= 11 is 1.16. The first-order chi connectivity index (χ1) is 10.1. The van der Waals surface area contributed by atoms with Gasteiger partial charge in [-0.15, -0.1) is 0 Å². The summed E-state index contributed by atoms with van der Waals surface area (Å²) in [6, 6.07) is 7.67. The van der Waals surface area contributed by atoms with Gasteiger partial charge in [0.15, 0.2) is 4.96 Å². The highest BCUT2D eigenvalue weighted by molar-refractivity contribution is 7.19. The highest BCUT2D eigenvalue weighted by Crippen LogP contribution is 2.26. The highest BCUT2D eigenvalue weighted by Gasteiger charge is 2.20. The van der Waals surface area contributed by atoms with Crippen molar-refractivity contribution in [2.75, 3.05) is 0 Å². The van der Waals surface area contributed by atoms with E-state index in [2.05, 4.69) is 4.98 Å². The lowest BCUT2D eigenvalue weighted by atomic mass is 10.2. The molecule has 0 fully saturated rings. The number of carboxylic acid groups (broad SMARTS) is 1. The molecule has 2 heterocycles. The van der Waals surface area contributed by atoms with Crippen LogP contribution in [0, 0.1) is 13.8 Å². The molecule has 1 aromatic carbocycles. The highest BCUT2D eigenvalue weighted by atomic mass is 32.1. The smallest absolute Gasteiger partial charge is 0.347 e. The molecule has 3 rings (SSSR count). The molecule has 0 aliphatic carbocycles. The van der Waals surface area contributed by atoms with Crippen LogP contribution in [0.3, 0.4) is 0 Å². The van der Waals surface area contributed by atoms with Crippen LogP contribution in [0.5, 0.6) is 5.75 Å². The third-order valence-electron chi connectivity index (χ3n) is 3.22. The summed E-state index contributed by atoms with van der Waals surface area (Å²) in [5.41, 5.74) is 2.67. The minimum absolute atomic E-state index is 0.196. The van der Waals surface area contributed by atoms with Crippen LogP contribution in [-0.4, -0.2) is 20.5 Å². The third kappa shape index (κ3) is 2.50. The van der Waals surface area contributed by atoms with Gasteiger partial charge in [-0.05, 0) is 26.0 Å². The van der Waals surface area contributed by atoms with Gasteiger partial charge in [-0.2, -0.15) is 0 Å². The monoisotopic (exact) mass is 302 g/mol. The van der Waals surface area contributed by atoms with Crippen LogP contribution < -0.4 is 4.74 Å². The quantitative estimate of drug-likeness (QED) is 0.803. The molecular weight excluding hydrogens is 288 g/mol. The molecule has 6 heteroatoms. The van der Waals surface area contributed by atoms with Gasteiger partial charge in [-0.3, -0.25) is 4.40 Å². The zero-order valence-corrected chi connectivity index (χ0v) is 12.5. The number of benzene rings is 1. The first-order valence-corrected chi connectivity index (χ1v) is 7.26. The molecule has 0 atom stereocenters. The fourth-order valence-corrected chi connectivity index (χ4v) is 3.14. The predicted octanol–water partition coefficient (Wildman–Crippen LogP) is 3.29. The second-order valence-electron chi connectivity index (χ2n) is 4.80. The van der Waals surface area contributed by atoms with Crippen molar-refractivity contribution in [1.29, 1.82) is 0 Å². The van der Waals surface area contributed by atoms with Gasteiger partial charge in [0.05, 0.1) is 5.69 Å². The molecule has 0 bridgehead atoms. The Bertz CT molecular complexity index is 802. The van der Waals surface area contributed by atoms with Crippen LogP contribution >= 0.6 is 11.3 Å². The van der Waals surface area contributed by atoms with E-state index in [0.29, 0.717) is 16.4 Å². The first-order valence-electron chi connectivity index (χ1n) is 6.45. The van der Waals surface area contributed by atoms with Crippen molar-refractivity contribution in [3.05, 3.63) is 52.3 Å². The lowest BCUT2D eigenvalue weighted by Crippen LogP contribution is -2.06. The molecule has 0 saturated carbocycles. The number of carbonyl (C=O) groups is 1. The maximum absolute atomic E-state index is 11.4. The minimum Gasteiger partial charge on any atom is -0.487 e. The number of aromatic nitrogens is 2. The fraction of sp³-hybridized carbons (Fsp3) is 0.200. The Kier molecular flexibility index (Phi) is 3.39. The molecule has 3 aromatic rings. The van der Waals surface area contributed by atoms with Gasteiger partial charge in [-0.25, -0.2) is 9.78 Å². The van der Waals surface area contributed by atoms with Gasteiger partial charge in [-0.1, -0.05) is 29.0 Å². The number of thiazole rings is 1. The van der Waals surface area contributed by atoms with E-state index >= 15 is 0 Å². The molecule has 21 heavy (non-hydrogen) atoms. The summed E-state index contributed by atoms with van der Waals surface area (Å²) in [4.78, 5) is 16.5. The Morgan fingerprint density at radius 2 is 2.05 bits per heavy atom. The Balaban J connectivity index is 1.94. The van der Waals surface area contributed by atoms with Crippen molar-refractivity contribution in [2.24, 2.45) is 0 Å². The lowest BCUT2D eigenvalue weighted by molar-refractivity contribution is 0.0698. The second kappa shape index (κ2) is 5.21. The molecule has 1 N–H and O–H groups in total. The van der Waals surface area contributed by atoms with Crippen LogP contribution in [0.4, 0.5) is 0 Å². The average molecular weight is 302 g/mol. The largest absolute Gasteiger partial charge is 0.487 e. The van der Waals surface area contributed by atoms with Crippen molar-refractivity contribution in [2.45, 2.75) is 20.5 Å². The van der Waals surface area contributed by atoms with E-state index in [1.165, 1.54) is 0 Å². The van der Waals surface area contributed by atoms with Crippen LogP contribution in [0.15, 0.2) is 30.5 Å². The number of fused-ring (bicyclic) bond motifs is 1. The lowest BCUT2D eigenvalue weighted by Gasteiger charge is -2.07. The van der Waals surface area contributed by atoms with Gasteiger partial charge in [0.25, 0.3) is 0 Å². The normalized spacial score (nSPS) is 11.0. The van der Waals surface area contributed by atoms with Crippen LogP contribution in [0.2, 0.25) is 0 Å². The number of hydrogen-bond donors (Lipinski definition) is 1. The molecule has 5 nitrogen and oxygen atoms in total. The molecule has 0 aliphatic heterocycles. The standard InChI is InChI=1S/C15H14N2O3S/c1-9-3-5-11(6-4-9)20-8-12-13(14(18)19)21-15-16-7-10(2)17(12)15/h3-7H,8H2,1-2H3,(H,18,19).